The molecule has 0 unspecified atom stereocenters. The highest BCUT2D eigenvalue weighted by atomic mass is 79.9. The van der Waals surface area contributed by atoms with Gasteiger partial charge in [0, 0.05) is 12.7 Å². The third kappa shape index (κ3) is 3.78. The molecule has 0 saturated heterocycles. The smallest absolute Gasteiger partial charge is 0.322 e. The number of pyridine rings is 1. The van der Waals surface area contributed by atoms with E-state index in [1.165, 1.54) is 11.3 Å². The summed E-state index contributed by atoms with van der Waals surface area (Å²) < 4.78 is 0.970. The van der Waals surface area contributed by atoms with Gasteiger partial charge in [-0.15, -0.1) is 28.3 Å². The Morgan fingerprint density at radius 2 is 2.14 bits per heavy atom. The van der Waals surface area contributed by atoms with E-state index >= 15 is 0 Å². The minimum Gasteiger partial charge on any atom is -0.480 e. The molecular formula is C13H16BrN3O3S. The maximum atomic E-state index is 12.0. The first-order valence-corrected chi connectivity index (χ1v) is 6.84. The summed E-state index contributed by atoms with van der Waals surface area (Å²) in [6.45, 7) is 3.85. The fourth-order valence-corrected chi connectivity index (χ4v) is 2.76. The largest absolute Gasteiger partial charge is 0.480 e. The van der Waals surface area contributed by atoms with E-state index in [0.29, 0.717) is 4.88 Å². The average Bonchev–Trinajstić information content (AvgIpc) is 2.84. The zero-order chi connectivity index (χ0) is 14.9. The number of aliphatic carboxylic acids is 1. The fraction of sp³-hybridized carbons (Fsp3) is 0.308. The number of aryl methyl sites for hydroxylation is 2. The molecular weight excluding hydrogens is 358 g/mol. The molecule has 4 N–H and O–H groups in total. The minimum absolute atomic E-state index is 0. The number of aromatic nitrogens is 1. The van der Waals surface area contributed by atoms with Crippen LogP contribution in [0.5, 0.6) is 0 Å². The van der Waals surface area contributed by atoms with Gasteiger partial charge in [-0.3, -0.25) is 14.6 Å². The fourth-order valence-electron chi connectivity index (χ4n) is 1.68. The van der Waals surface area contributed by atoms with Crippen molar-refractivity contribution in [2.24, 2.45) is 5.73 Å². The Kier molecular flexibility index (Phi) is 5.82. The lowest BCUT2D eigenvalue weighted by Crippen LogP contribution is -2.42. The Morgan fingerprint density at radius 3 is 2.76 bits per heavy atom. The Bertz CT molecular complexity index is 687. The normalized spacial score (nSPS) is 11.8. The van der Waals surface area contributed by atoms with E-state index < -0.39 is 12.0 Å². The first kappa shape index (κ1) is 17.5. The number of nitrogens with zero attached hydrogens (tertiary/aromatic N) is 1. The summed E-state index contributed by atoms with van der Waals surface area (Å²) in [5, 5.41) is 11.2. The van der Waals surface area contributed by atoms with Gasteiger partial charge in [0.25, 0.3) is 5.91 Å². The number of halogens is 1. The van der Waals surface area contributed by atoms with E-state index in [0.717, 1.165) is 21.3 Å². The molecule has 2 aromatic rings. The van der Waals surface area contributed by atoms with Crippen LogP contribution in [-0.4, -0.2) is 34.6 Å². The van der Waals surface area contributed by atoms with Crippen LogP contribution in [0.25, 0.3) is 10.2 Å². The van der Waals surface area contributed by atoms with Crippen molar-refractivity contribution in [3.63, 3.8) is 0 Å². The van der Waals surface area contributed by atoms with Crippen molar-refractivity contribution in [2.75, 3.05) is 6.54 Å². The van der Waals surface area contributed by atoms with Gasteiger partial charge in [-0.05, 0) is 31.0 Å². The number of carboxylic acid groups (broad SMARTS) is 1. The number of amides is 1. The van der Waals surface area contributed by atoms with Crippen molar-refractivity contribution in [3.8, 4) is 0 Å². The maximum absolute atomic E-state index is 12.0. The summed E-state index contributed by atoms with van der Waals surface area (Å²) in [5.74, 6) is -1.48. The van der Waals surface area contributed by atoms with Crippen LogP contribution in [0.4, 0.5) is 0 Å². The molecule has 0 aliphatic heterocycles. The molecule has 2 heterocycles. The van der Waals surface area contributed by atoms with Crippen molar-refractivity contribution in [1.29, 1.82) is 0 Å². The second-order valence-electron chi connectivity index (χ2n) is 4.55. The Morgan fingerprint density at radius 1 is 1.48 bits per heavy atom. The summed E-state index contributed by atoms with van der Waals surface area (Å²) in [5.41, 5.74) is 8.28. The van der Waals surface area contributed by atoms with Gasteiger partial charge < -0.3 is 16.2 Å². The van der Waals surface area contributed by atoms with E-state index in [1.807, 2.05) is 13.8 Å². The topological polar surface area (TPSA) is 105 Å². The van der Waals surface area contributed by atoms with E-state index in [-0.39, 0.29) is 29.4 Å². The van der Waals surface area contributed by atoms with Crippen LogP contribution in [0.3, 0.4) is 0 Å². The Hall–Kier alpha value is -1.51. The lowest BCUT2D eigenvalue weighted by molar-refractivity contribution is -0.138. The van der Waals surface area contributed by atoms with Crippen molar-refractivity contribution >= 4 is 50.4 Å². The molecule has 0 fully saturated rings. The van der Waals surface area contributed by atoms with Gasteiger partial charge in [0.1, 0.15) is 6.04 Å². The molecule has 0 saturated carbocycles. The number of carbonyl (C=O) groups is 2. The molecule has 0 radical (unpaired) electrons. The number of carboxylic acids is 1. The van der Waals surface area contributed by atoms with Crippen LogP contribution < -0.4 is 11.1 Å². The molecule has 0 bridgehead atoms. The lowest BCUT2D eigenvalue weighted by atomic mass is 10.2. The van der Waals surface area contributed by atoms with Gasteiger partial charge in [0.2, 0.25) is 0 Å². The van der Waals surface area contributed by atoms with E-state index in [2.05, 4.69) is 10.3 Å². The highest BCUT2D eigenvalue weighted by molar-refractivity contribution is 8.93. The summed E-state index contributed by atoms with van der Waals surface area (Å²) >= 11 is 1.34. The SMILES string of the molecule is Br.Cc1cnc2cc(C(=O)NC[C@@H](N)C(=O)O)sc2c1C. The maximum Gasteiger partial charge on any atom is 0.322 e. The van der Waals surface area contributed by atoms with Crippen LogP contribution in [0.2, 0.25) is 0 Å². The quantitative estimate of drug-likeness (QED) is 0.755. The van der Waals surface area contributed by atoms with Crippen LogP contribution in [0.1, 0.15) is 20.8 Å². The van der Waals surface area contributed by atoms with E-state index in [9.17, 15) is 9.59 Å². The summed E-state index contributed by atoms with van der Waals surface area (Å²) in [7, 11) is 0. The second-order valence-corrected chi connectivity index (χ2v) is 5.60. The van der Waals surface area contributed by atoms with Crippen molar-refractivity contribution < 1.29 is 14.7 Å². The van der Waals surface area contributed by atoms with Gasteiger partial charge in [0.05, 0.1) is 15.1 Å². The molecule has 8 heteroatoms. The number of carbonyl (C=O) groups excluding carboxylic acids is 1. The number of nitrogens with one attached hydrogen (secondary N) is 1. The Balaban J connectivity index is 0.00000220. The molecule has 21 heavy (non-hydrogen) atoms. The third-order valence-electron chi connectivity index (χ3n) is 3.07. The highest BCUT2D eigenvalue weighted by Crippen LogP contribution is 2.28. The molecule has 6 nitrogen and oxygen atoms in total. The number of fused-ring (bicyclic) bond motifs is 1. The van der Waals surface area contributed by atoms with Crippen LogP contribution in [0, 0.1) is 13.8 Å². The standard InChI is InChI=1S/C13H15N3O3S.BrH/c1-6-4-15-9-3-10(20-11(9)7(6)2)12(17)16-5-8(14)13(18)19;/h3-4,8H,5,14H2,1-2H3,(H,16,17)(H,18,19);1H/t8-;/m1./s1. The molecule has 0 aliphatic carbocycles. The molecule has 0 aliphatic rings. The van der Waals surface area contributed by atoms with Crippen LogP contribution in [0.15, 0.2) is 12.3 Å². The number of rotatable bonds is 4. The van der Waals surface area contributed by atoms with Gasteiger partial charge in [-0.1, -0.05) is 0 Å². The van der Waals surface area contributed by atoms with Crippen LogP contribution in [-0.2, 0) is 4.79 Å². The number of hydrogen-bond donors (Lipinski definition) is 3. The minimum atomic E-state index is -1.14. The van der Waals surface area contributed by atoms with Crippen molar-refractivity contribution in [1.82, 2.24) is 10.3 Å². The molecule has 1 amide bonds. The average molecular weight is 374 g/mol. The lowest BCUT2D eigenvalue weighted by Gasteiger charge is -2.06. The molecule has 0 aromatic carbocycles. The highest BCUT2D eigenvalue weighted by Gasteiger charge is 2.16. The number of thiophene rings is 1. The molecule has 114 valence electrons. The summed E-state index contributed by atoms with van der Waals surface area (Å²) in [4.78, 5) is 27.3. The first-order valence-electron chi connectivity index (χ1n) is 6.02. The predicted octanol–water partition coefficient (Wildman–Crippen LogP) is 1.63. The van der Waals surface area contributed by atoms with Crippen molar-refractivity contribution in [3.05, 3.63) is 28.3 Å². The molecule has 2 aromatic heterocycles. The first-order chi connectivity index (χ1) is 9.40. The summed E-state index contributed by atoms with van der Waals surface area (Å²) in [6.07, 6.45) is 1.77. The van der Waals surface area contributed by atoms with Crippen LogP contribution >= 0.6 is 28.3 Å². The van der Waals surface area contributed by atoms with E-state index in [1.54, 1.807) is 12.3 Å². The Labute approximate surface area is 136 Å². The van der Waals surface area contributed by atoms with Gasteiger partial charge in [-0.25, -0.2) is 0 Å². The monoisotopic (exact) mass is 373 g/mol. The van der Waals surface area contributed by atoms with Gasteiger partial charge >= 0.3 is 5.97 Å². The molecule has 0 spiro atoms. The third-order valence-corrected chi connectivity index (χ3v) is 4.31. The summed E-state index contributed by atoms with van der Waals surface area (Å²) in [6, 6.07) is 0.601. The molecule has 1 atom stereocenters. The van der Waals surface area contributed by atoms with Gasteiger partial charge in [0.15, 0.2) is 0 Å². The van der Waals surface area contributed by atoms with Crippen molar-refractivity contribution in [2.45, 2.75) is 19.9 Å². The zero-order valence-corrected chi connectivity index (χ0v) is 14.1. The molecule has 2 rings (SSSR count). The number of nitrogens with two attached hydrogens (primary N) is 1. The van der Waals surface area contributed by atoms with Gasteiger partial charge in [-0.2, -0.15) is 0 Å². The zero-order valence-electron chi connectivity index (χ0n) is 11.5. The number of hydrogen-bond acceptors (Lipinski definition) is 5. The van der Waals surface area contributed by atoms with E-state index in [4.69, 9.17) is 10.8 Å². The second kappa shape index (κ2) is 6.97. The predicted molar refractivity (Wildman–Crippen MR) is 87.4 cm³/mol.